The van der Waals surface area contributed by atoms with Crippen LogP contribution in [-0.4, -0.2) is 48.4 Å². The second-order valence-corrected chi connectivity index (χ2v) is 6.63. The number of ether oxygens (including phenoxy) is 1. The Morgan fingerprint density at radius 3 is 2.85 bits per heavy atom. The van der Waals surface area contributed by atoms with E-state index in [0.29, 0.717) is 26.2 Å². The molecule has 0 unspecified atom stereocenters. The van der Waals surface area contributed by atoms with Crippen molar-refractivity contribution >= 4 is 11.8 Å². The summed E-state index contributed by atoms with van der Waals surface area (Å²) in [4.78, 5) is 28.1. The average Bonchev–Trinajstić information content (AvgIpc) is 3.26. The molecule has 0 N–H and O–H groups in total. The van der Waals surface area contributed by atoms with Crippen molar-refractivity contribution in [3.8, 4) is 5.75 Å². The van der Waals surface area contributed by atoms with Crippen molar-refractivity contribution in [2.45, 2.75) is 19.9 Å². The fourth-order valence-electron chi connectivity index (χ4n) is 3.11. The first-order chi connectivity index (χ1) is 12.5. The van der Waals surface area contributed by atoms with Gasteiger partial charge < -0.3 is 19.0 Å². The van der Waals surface area contributed by atoms with E-state index in [0.717, 1.165) is 17.1 Å². The number of carbonyl (C=O) groups excluding carboxylic acids is 2. The molecule has 0 saturated carbocycles. The van der Waals surface area contributed by atoms with Gasteiger partial charge >= 0.3 is 0 Å². The molecule has 1 aliphatic heterocycles. The summed E-state index contributed by atoms with van der Waals surface area (Å²) >= 11 is 0. The zero-order valence-corrected chi connectivity index (χ0v) is 15.2. The first kappa shape index (κ1) is 18.0. The van der Waals surface area contributed by atoms with Crippen LogP contribution in [0, 0.1) is 12.8 Å². The monoisotopic (exact) mass is 356 g/mol. The highest BCUT2D eigenvalue weighted by atomic mass is 16.5. The van der Waals surface area contributed by atoms with Crippen LogP contribution in [0.1, 0.15) is 17.7 Å². The highest BCUT2D eigenvalue weighted by Gasteiger charge is 2.35. The van der Waals surface area contributed by atoms with Gasteiger partial charge in [0.05, 0.1) is 25.3 Å². The Labute approximate surface area is 153 Å². The first-order valence-corrected chi connectivity index (χ1v) is 8.78. The summed E-state index contributed by atoms with van der Waals surface area (Å²) in [6, 6.07) is 11.4. The zero-order chi connectivity index (χ0) is 18.5. The number of para-hydroxylation sites is 1. The van der Waals surface area contributed by atoms with Gasteiger partial charge in [0.15, 0.2) is 0 Å². The smallest absolute Gasteiger partial charge is 0.227 e. The minimum atomic E-state index is -0.305. The van der Waals surface area contributed by atoms with Crippen molar-refractivity contribution in [1.82, 2.24) is 9.80 Å². The second kappa shape index (κ2) is 8.08. The van der Waals surface area contributed by atoms with Crippen LogP contribution in [0.4, 0.5) is 0 Å². The van der Waals surface area contributed by atoms with Gasteiger partial charge in [-0.3, -0.25) is 9.59 Å². The Balaban J connectivity index is 1.47. The largest absolute Gasteiger partial charge is 0.491 e. The third-order valence-corrected chi connectivity index (χ3v) is 4.64. The molecule has 0 bridgehead atoms. The van der Waals surface area contributed by atoms with E-state index in [1.165, 1.54) is 0 Å². The van der Waals surface area contributed by atoms with Crippen LogP contribution in [0.25, 0.3) is 0 Å². The molecule has 1 saturated heterocycles. The number of aryl methyl sites for hydroxylation is 1. The molecule has 1 aromatic carbocycles. The maximum absolute atomic E-state index is 12.6. The molecule has 0 spiro atoms. The standard InChI is InChI=1S/C20H24N2O4/c1-15-6-3-4-8-18(15)26-11-9-21(2)20(24)16-12-19(23)22(13-16)14-17-7-5-10-25-17/h3-8,10,16H,9,11-14H2,1-2H3/t16-/m0/s1. The number of nitrogens with zero attached hydrogens (tertiary/aromatic N) is 2. The number of amides is 2. The van der Waals surface area contributed by atoms with E-state index < -0.39 is 0 Å². The molecule has 26 heavy (non-hydrogen) atoms. The van der Waals surface area contributed by atoms with Crippen molar-refractivity contribution < 1.29 is 18.7 Å². The highest BCUT2D eigenvalue weighted by molar-refractivity contribution is 5.89. The van der Waals surface area contributed by atoms with E-state index in [2.05, 4.69) is 0 Å². The van der Waals surface area contributed by atoms with E-state index in [1.54, 1.807) is 29.2 Å². The third kappa shape index (κ3) is 4.25. The summed E-state index contributed by atoms with van der Waals surface area (Å²) in [6.45, 7) is 3.74. The summed E-state index contributed by atoms with van der Waals surface area (Å²) < 4.78 is 11.0. The zero-order valence-electron chi connectivity index (χ0n) is 15.2. The van der Waals surface area contributed by atoms with E-state index >= 15 is 0 Å². The van der Waals surface area contributed by atoms with Gasteiger partial charge in [-0.1, -0.05) is 18.2 Å². The predicted molar refractivity (Wildman–Crippen MR) is 96.5 cm³/mol. The lowest BCUT2D eigenvalue weighted by molar-refractivity contribution is -0.134. The lowest BCUT2D eigenvalue weighted by Crippen LogP contribution is -2.37. The summed E-state index contributed by atoms with van der Waals surface area (Å²) in [5, 5.41) is 0. The third-order valence-electron chi connectivity index (χ3n) is 4.64. The Morgan fingerprint density at radius 1 is 1.31 bits per heavy atom. The van der Waals surface area contributed by atoms with Gasteiger partial charge in [-0.15, -0.1) is 0 Å². The lowest BCUT2D eigenvalue weighted by atomic mass is 10.1. The topological polar surface area (TPSA) is 63.0 Å². The number of hydrogen-bond acceptors (Lipinski definition) is 4. The highest BCUT2D eigenvalue weighted by Crippen LogP contribution is 2.22. The van der Waals surface area contributed by atoms with Crippen LogP contribution in [0.15, 0.2) is 47.1 Å². The molecular formula is C20H24N2O4. The van der Waals surface area contributed by atoms with Crippen LogP contribution in [0.2, 0.25) is 0 Å². The van der Waals surface area contributed by atoms with Gasteiger partial charge in [-0.2, -0.15) is 0 Å². The molecule has 1 atom stereocenters. The van der Waals surface area contributed by atoms with Crippen molar-refractivity contribution in [3.63, 3.8) is 0 Å². The van der Waals surface area contributed by atoms with Gasteiger partial charge in [0.2, 0.25) is 11.8 Å². The Kier molecular flexibility index (Phi) is 5.61. The minimum Gasteiger partial charge on any atom is -0.491 e. The number of hydrogen-bond donors (Lipinski definition) is 0. The molecular weight excluding hydrogens is 332 g/mol. The maximum Gasteiger partial charge on any atom is 0.227 e. The first-order valence-electron chi connectivity index (χ1n) is 8.78. The number of furan rings is 1. The van der Waals surface area contributed by atoms with E-state index in [9.17, 15) is 9.59 Å². The van der Waals surface area contributed by atoms with Gasteiger partial charge in [0.25, 0.3) is 0 Å². The Morgan fingerprint density at radius 2 is 2.12 bits per heavy atom. The van der Waals surface area contributed by atoms with Crippen LogP contribution >= 0.6 is 0 Å². The molecule has 0 radical (unpaired) electrons. The van der Waals surface area contributed by atoms with Gasteiger partial charge in [-0.05, 0) is 30.7 Å². The van der Waals surface area contributed by atoms with Crippen molar-refractivity contribution in [1.29, 1.82) is 0 Å². The predicted octanol–water partition coefficient (Wildman–Crippen LogP) is 2.47. The molecule has 1 aromatic heterocycles. The quantitative estimate of drug-likeness (QED) is 0.765. The minimum absolute atomic E-state index is 0.00990. The van der Waals surface area contributed by atoms with E-state index in [-0.39, 0.29) is 24.2 Å². The van der Waals surface area contributed by atoms with Crippen molar-refractivity contribution in [2.24, 2.45) is 5.92 Å². The van der Waals surface area contributed by atoms with Crippen LogP contribution in [-0.2, 0) is 16.1 Å². The molecule has 3 rings (SSSR count). The number of carbonyl (C=O) groups is 2. The van der Waals surface area contributed by atoms with E-state index in [4.69, 9.17) is 9.15 Å². The number of likely N-dealkylation sites (N-methyl/N-ethyl adjacent to an activating group) is 1. The van der Waals surface area contributed by atoms with Crippen LogP contribution in [0.5, 0.6) is 5.75 Å². The molecule has 2 aromatic rings. The summed E-state index contributed by atoms with van der Waals surface area (Å²) in [5.41, 5.74) is 1.07. The SMILES string of the molecule is Cc1ccccc1OCCN(C)C(=O)[C@H]1CC(=O)N(Cc2ccco2)C1. The summed E-state index contributed by atoms with van der Waals surface area (Å²) in [5.74, 6) is 1.22. The molecule has 138 valence electrons. The number of likely N-dealkylation sites (tertiary alicyclic amines) is 1. The molecule has 1 aliphatic rings. The maximum atomic E-state index is 12.6. The molecule has 0 aliphatic carbocycles. The van der Waals surface area contributed by atoms with Crippen LogP contribution in [0.3, 0.4) is 0 Å². The molecule has 1 fully saturated rings. The number of benzene rings is 1. The number of rotatable bonds is 7. The molecule has 6 heteroatoms. The Bertz CT molecular complexity index is 757. The van der Waals surface area contributed by atoms with Crippen molar-refractivity contribution in [2.75, 3.05) is 26.7 Å². The summed E-state index contributed by atoms with van der Waals surface area (Å²) in [6.07, 6.45) is 1.84. The normalized spacial score (nSPS) is 16.8. The Hall–Kier alpha value is -2.76. The average molecular weight is 356 g/mol. The summed E-state index contributed by atoms with van der Waals surface area (Å²) in [7, 11) is 1.75. The van der Waals surface area contributed by atoms with Gasteiger partial charge in [0, 0.05) is 20.0 Å². The molecule has 2 amide bonds. The van der Waals surface area contributed by atoms with E-state index in [1.807, 2.05) is 37.3 Å². The molecule has 2 heterocycles. The van der Waals surface area contributed by atoms with Crippen LogP contribution < -0.4 is 4.74 Å². The van der Waals surface area contributed by atoms with Crippen molar-refractivity contribution in [3.05, 3.63) is 54.0 Å². The second-order valence-electron chi connectivity index (χ2n) is 6.63. The molecule has 6 nitrogen and oxygen atoms in total. The lowest BCUT2D eigenvalue weighted by Gasteiger charge is -2.21. The van der Waals surface area contributed by atoms with Gasteiger partial charge in [-0.25, -0.2) is 0 Å². The van der Waals surface area contributed by atoms with Gasteiger partial charge in [0.1, 0.15) is 18.1 Å². The fraction of sp³-hybridized carbons (Fsp3) is 0.400. The fourth-order valence-corrected chi connectivity index (χ4v) is 3.11.